The Morgan fingerprint density at radius 3 is 2.65 bits per heavy atom. The topological polar surface area (TPSA) is 101 Å². The Hall–Kier alpha value is -3.95. The van der Waals surface area contributed by atoms with Crippen LogP contribution in [0.3, 0.4) is 0 Å². The standard InChI is InChI=1S/C21H14F3N3O4/c22-21(23,24)13-3-1-2-11(9-13)8-12-6-7-27-17(12)26-16-10-14(25-18(28)20(30)31)4-5-15(16)19(27)29/h1-5,8-10H,6-7H2,(H,25,28)(H,30,31)/b12-8-. The number of carboxylic acids is 1. The first-order chi connectivity index (χ1) is 14.6. The molecule has 0 unspecified atom stereocenters. The van der Waals surface area contributed by atoms with Crippen LogP contribution in [0.4, 0.5) is 18.9 Å². The highest BCUT2D eigenvalue weighted by Crippen LogP contribution is 2.32. The zero-order chi connectivity index (χ0) is 22.3. The first-order valence-corrected chi connectivity index (χ1v) is 9.10. The van der Waals surface area contributed by atoms with Gasteiger partial charge < -0.3 is 10.4 Å². The molecule has 1 amide bonds. The minimum absolute atomic E-state index is 0.151. The summed E-state index contributed by atoms with van der Waals surface area (Å²) >= 11 is 0. The third kappa shape index (κ3) is 3.91. The molecule has 1 aliphatic heterocycles. The number of aliphatic carboxylic acids is 1. The predicted octanol–water partition coefficient (Wildman–Crippen LogP) is 3.38. The highest BCUT2D eigenvalue weighted by Gasteiger charge is 2.30. The SMILES string of the molecule is O=C(O)C(=O)Nc1ccc2c(=O)n3c(nc2c1)/C(=C\c1cccc(C(F)(F)F)c1)CC3. The van der Waals surface area contributed by atoms with Gasteiger partial charge in [-0.25, -0.2) is 9.78 Å². The quantitative estimate of drug-likeness (QED) is 0.609. The molecule has 10 heteroatoms. The number of carboxylic acid groups (broad SMARTS) is 1. The van der Waals surface area contributed by atoms with Crippen molar-refractivity contribution >= 4 is 40.1 Å². The van der Waals surface area contributed by atoms with Crippen molar-refractivity contribution < 1.29 is 27.9 Å². The monoisotopic (exact) mass is 429 g/mol. The molecule has 0 saturated carbocycles. The molecule has 2 heterocycles. The third-order valence-electron chi connectivity index (χ3n) is 4.85. The molecule has 0 aliphatic carbocycles. The second-order valence-electron chi connectivity index (χ2n) is 6.93. The maximum Gasteiger partial charge on any atom is 0.416 e. The van der Waals surface area contributed by atoms with Crippen LogP contribution in [-0.2, 0) is 22.3 Å². The summed E-state index contributed by atoms with van der Waals surface area (Å²) in [4.78, 5) is 39.4. The summed E-state index contributed by atoms with van der Waals surface area (Å²) in [6.07, 6.45) is -2.50. The summed E-state index contributed by atoms with van der Waals surface area (Å²) < 4.78 is 40.4. The molecule has 4 rings (SSSR count). The van der Waals surface area contributed by atoms with Crippen LogP contribution in [0.5, 0.6) is 0 Å². The maximum absolute atomic E-state index is 13.0. The zero-order valence-electron chi connectivity index (χ0n) is 15.7. The van der Waals surface area contributed by atoms with Crippen LogP contribution in [0.15, 0.2) is 47.3 Å². The van der Waals surface area contributed by atoms with E-state index in [1.54, 1.807) is 6.08 Å². The van der Waals surface area contributed by atoms with Gasteiger partial charge in [-0.1, -0.05) is 12.1 Å². The van der Waals surface area contributed by atoms with Crippen molar-refractivity contribution in [3.8, 4) is 0 Å². The number of allylic oxidation sites excluding steroid dienone is 1. The molecule has 0 fully saturated rings. The van der Waals surface area contributed by atoms with Crippen molar-refractivity contribution in [3.63, 3.8) is 0 Å². The molecule has 2 aromatic carbocycles. The number of hydrogen-bond acceptors (Lipinski definition) is 4. The minimum Gasteiger partial charge on any atom is -0.474 e. The van der Waals surface area contributed by atoms with Crippen LogP contribution in [0.25, 0.3) is 22.6 Å². The summed E-state index contributed by atoms with van der Waals surface area (Å²) in [5, 5.41) is 11.2. The summed E-state index contributed by atoms with van der Waals surface area (Å²) in [5.41, 5.74) is 0.203. The van der Waals surface area contributed by atoms with Crippen LogP contribution in [0.2, 0.25) is 0 Å². The van der Waals surface area contributed by atoms with Gasteiger partial charge in [0.15, 0.2) is 0 Å². The Morgan fingerprint density at radius 1 is 1.16 bits per heavy atom. The van der Waals surface area contributed by atoms with Gasteiger partial charge in [-0.05, 0) is 54.0 Å². The lowest BCUT2D eigenvalue weighted by molar-refractivity contribution is -0.147. The van der Waals surface area contributed by atoms with Gasteiger partial charge in [0.25, 0.3) is 5.56 Å². The van der Waals surface area contributed by atoms with Gasteiger partial charge in [0.1, 0.15) is 5.82 Å². The molecule has 1 aliphatic rings. The molecule has 158 valence electrons. The number of carbonyl (C=O) groups is 2. The number of hydrogen-bond donors (Lipinski definition) is 2. The van der Waals surface area contributed by atoms with Gasteiger partial charge in [-0.3, -0.25) is 14.2 Å². The number of fused-ring (bicyclic) bond motifs is 2. The fraction of sp³-hybridized carbons (Fsp3) is 0.143. The van der Waals surface area contributed by atoms with Crippen molar-refractivity contribution in [2.75, 3.05) is 5.32 Å². The second-order valence-corrected chi connectivity index (χ2v) is 6.93. The van der Waals surface area contributed by atoms with Gasteiger partial charge in [0.05, 0.1) is 16.5 Å². The summed E-state index contributed by atoms with van der Waals surface area (Å²) in [6.45, 7) is 0.333. The molecule has 1 aromatic heterocycles. The van der Waals surface area contributed by atoms with E-state index in [-0.39, 0.29) is 22.1 Å². The van der Waals surface area contributed by atoms with Crippen LogP contribution in [-0.4, -0.2) is 26.5 Å². The number of halogens is 3. The van der Waals surface area contributed by atoms with E-state index in [0.29, 0.717) is 29.9 Å². The van der Waals surface area contributed by atoms with E-state index < -0.39 is 23.6 Å². The van der Waals surface area contributed by atoms with Crippen molar-refractivity contribution in [2.45, 2.75) is 19.1 Å². The number of aromatic nitrogens is 2. The van der Waals surface area contributed by atoms with E-state index >= 15 is 0 Å². The Labute approximate surface area is 172 Å². The molecule has 3 aromatic rings. The lowest BCUT2D eigenvalue weighted by Crippen LogP contribution is -2.23. The molecular formula is C21H14F3N3O4. The fourth-order valence-corrected chi connectivity index (χ4v) is 3.42. The smallest absolute Gasteiger partial charge is 0.416 e. The third-order valence-corrected chi connectivity index (χ3v) is 4.85. The van der Waals surface area contributed by atoms with E-state index in [1.807, 2.05) is 0 Å². The average molecular weight is 429 g/mol. The number of alkyl halides is 3. The number of nitrogens with zero attached hydrogens (tertiary/aromatic N) is 2. The Kier molecular flexibility index (Phi) is 4.84. The number of benzene rings is 2. The Balaban J connectivity index is 1.77. The number of nitrogens with one attached hydrogen (secondary N) is 1. The maximum atomic E-state index is 13.0. The number of amides is 1. The summed E-state index contributed by atoms with van der Waals surface area (Å²) in [5.74, 6) is -2.58. The Morgan fingerprint density at radius 2 is 1.94 bits per heavy atom. The summed E-state index contributed by atoms with van der Waals surface area (Å²) in [6, 6.07) is 9.05. The lowest BCUT2D eigenvalue weighted by atomic mass is 10.1. The van der Waals surface area contributed by atoms with Crippen LogP contribution in [0.1, 0.15) is 23.4 Å². The van der Waals surface area contributed by atoms with Gasteiger partial charge >= 0.3 is 18.1 Å². The summed E-state index contributed by atoms with van der Waals surface area (Å²) in [7, 11) is 0. The average Bonchev–Trinajstić information content (AvgIpc) is 3.10. The highest BCUT2D eigenvalue weighted by molar-refractivity contribution is 6.36. The Bertz CT molecular complexity index is 1330. The molecule has 0 bridgehead atoms. The van der Waals surface area contributed by atoms with E-state index in [0.717, 1.165) is 12.1 Å². The van der Waals surface area contributed by atoms with E-state index in [9.17, 15) is 27.6 Å². The highest BCUT2D eigenvalue weighted by atomic mass is 19.4. The van der Waals surface area contributed by atoms with Gasteiger partial charge in [0, 0.05) is 12.2 Å². The van der Waals surface area contributed by atoms with E-state index in [1.165, 1.54) is 34.9 Å². The molecule has 0 radical (unpaired) electrons. The van der Waals surface area contributed by atoms with Crippen molar-refractivity contribution in [1.29, 1.82) is 0 Å². The van der Waals surface area contributed by atoms with Gasteiger partial charge in [-0.15, -0.1) is 0 Å². The first kappa shape index (κ1) is 20.3. The van der Waals surface area contributed by atoms with E-state index in [2.05, 4.69) is 10.3 Å². The molecule has 7 nitrogen and oxygen atoms in total. The van der Waals surface area contributed by atoms with Gasteiger partial charge in [-0.2, -0.15) is 13.2 Å². The molecule has 2 N–H and O–H groups in total. The molecule has 0 spiro atoms. The number of rotatable bonds is 2. The second kappa shape index (κ2) is 7.38. The molecule has 31 heavy (non-hydrogen) atoms. The van der Waals surface area contributed by atoms with Crippen molar-refractivity contribution in [2.24, 2.45) is 0 Å². The largest absolute Gasteiger partial charge is 0.474 e. The molecular weight excluding hydrogens is 415 g/mol. The number of carbonyl (C=O) groups excluding carboxylic acids is 1. The normalized spacial score (nSPS) is 14.6. The van der Waals surface area contributed by atoms with Gasteiger partial charge in [0.2, 0.25) is 0 Å². The first-order valence-electron chi connectivity index (χ1n) is 9.10. The van der Waals surface area contributed by atoms with Crippen LogP contribution in [0, 0.1) is 0 Å². The molecule has 0 saturated heterocycles. The van der Waals surface area contributed by atoms with Crippen LogP contribution < -0.4 is 10.9 Å². The molecule has 0 atom stereocenters. The zero-order valence-corrected chi connectivity index (χ0v) is 15.7. The minimum atomic E-state index is -4.47. The predicted molar refractivity (Wildman–Crippen MR) is 106 cm³/mol. The van der Waals surface area contributed by atoms with E-state index in [4.69, 9.17) is 5.11 Å². The van der Waals surface area contributed by atoms with Crippen molar-refractivity contribution in [1.82, 2.24) is 9.55 Å². The number of anilines is 1. The fourth-order valence-electron chi connectivity index (χ4n) is 3.42. The van der Waals surface area contributed by atoms with Crippen molar-refractivity contribution in [3.05, 3.63) is 69.8 Å². The lowest BCUT2D eigenvalue weighted by Gasteiger charge is -2.09. The van der Waals surface area contributed by atoms with Crippen LogP contribution >= 0.6 is 0 Å².